The fourth-order valence-corrected chi connectivity index (χ4v) is 5.85. The lowest BCUT2D eigenvalue weighted by molar-refractivity contribution is -0.163. The molecule has 0 aromatic carbocycles. The molecule has 0 aromatic heterocycles. The van der Waals surface area contributed by atoms with Crippen LogP contribution in [-0.4, -0.2) is 11.2 Å². The first-order valence-electron chi connectivity index (χ1n) is 7.11. The van der Waals surface area contributed by atoms with E-state index in [2.05, 4.69) is 20.8 Å². The molecule has 1 nitrogen and oxygen atoms in total. The molecule has 1 heteroatoms. The lowest BCUT2D eigenvalue weighted by Gasteiger charge is -2.63. The van der Waals surface area contributed by atoms with Gasteiger partial charge in [0.25, 0.3) is 0 Å². The molecule has 0 heterocycles. The minimum Gasteiger partial charge on any atom is -0.392 e. The van der Waals surface area contributed by atoms with Gasteiger partial charge >= 0.3 is 0 Å². The van der Waals surface area contributed by atoms with Crippen molar-refractivity contribution in [3.05, 3.63) is 0 Å². The Morgan fingerprint density at radius 2 is 1.62 bits per heavy atom. The highest BCUT2D eigenvalue weighted by Crippen LogP contribution is 2.66. The van der Waals surface area contributed by atoms with Crippen LogP contribution in [0.2, 0.25) is 0 Å². The lowest BCUT2D eigenvalue weighted by atomic mass is 9.43. The zero-order valence-electron chi connectivity index (χ0n) is 11.0. The molecule has 3 unspecified atom stereocenters. The molecular weight excluding hydrogens is 196 g/mol. The van der Waals surface area contributed by atoms with E-state index in [1.54, 1.807) is 0 Å². The van der Waals surface area contributed by atoms with Gasteiger partial charge in [-0.3, -0.25) is 0 Å². The highest BCUT2D eigenvalue weighted by molar-refractivity contribution is 5.08. The molecule has 4 aliphatic rings. The second kappa shape index (κ2) is 3.25. The van der Waals surface area contributed by atoms with Crippen molar-refractivity contribution in [2.75, 3.05) is 0 Å². The fourth-order valence-electron chi connectivity index (χ4n) is 5.85. The molecule has 0 amide bonds. The van der Waals surface area contributed by atoms with Crippen molar-refractivity contribution in [2.45, 2.75) is 65.4 Å². The van der Waals surface area contributed by atoms with Gasteiger partial charge in [0, 0.05) is 0 Å². The van der Waals surface area contributed by atoms with Crippen molar-refractivity contribution in [1.29, 1.82) is 0 Å². The van der Waals surface area contributed by atoms with E-state index in [0.29, 0.717) is 16.7 Å². The van der Waals surface area contributed by atoms with Gasteiger partial charge in [0.2, 0.25) is 0 Å². The molecule has 0 aromatic rings. The third kappa shape index (κ3) is 1.47. The summed E-state index contributed by atoms with van der Waals surface area (Å²) in [6.45, 7) is 6.85. The van der Waals surface area contributed by atoms with E-state index in [4.69, 9.17) is 0 Å². The van der Waals surface area contributed by atoms with Crippen LogP contribution in [-0.2, 0) is 0 Å². The third-order valence-corrected chi connectivity index (χ3v) is 5.66. The standard InChI is InChI=1S/C15H26O/c1-10(2)13(16)15-7-11-4-12(8-15)6-14(3,5-11)9-15/h10-13,16H,4-9H2,1-3H3. The number of hydrogen-bond acceptors (Lipinski definition) is 1. The average molecular weight is 222 g/mol. The molecule has 0 saturated heterocycles. The molecule has 4 fully saturated rings. The Balaban J connectivity index is 1.92. The monoisotopic (exact) mass is 222 g/mol. The summed E-state index contributed by atoms with van der Waals surface area (Å²) in [6, 6.07) is 0. The first-order chi connectivity index (χ1) is 7.42. The molecule has 0 aliphatic heterocycles. The Bertz CT molecular complexity index is 280. The maximum atomic E-state index is 10.6. The predicted molar refractivity (Wildman–Crippen MR) is 66.1 cm³/mol. The van der Waals surface area contributed by atoms with Gasteiger partial charge in [0.1, 0.15) is 0 Å². The van der Waals surface area contributed by atoms with Crippen LogP contribution in [0.15, 0.2) is 0 Å². The summed E-state index contributed by atoms with van der Waals surface area (Å²) in [4.78, 5) is 0. The lowest BCUT2D eigenvalue weighted by Crippen LogP contribution is -2.56. The van der Waals surface area contributed by atoms with E-state index in [0.717, 1.165) is 11.8 Å². The Morgan fingerprint density at radius 1 is 1.06 bits per heavy atom. The van der Waals surface area contributed by atoms with Crippen molar-refractivity contribution in [2.24, 2.45) is 28.6 Å². The van der Waals surface area contributed by atoms with E-state index in [1.807, 2.05) is 0 Å². The van der Waals surface area contributed by atoms with Gasteiger partial charge in [-0.1, -0.05) is 20.8 Å². The van der Waals surface area contributed by atoms with Gasteiger partial charge in [-0.05, 0) is 67.1 Å². The molecule has 3 atom stereocenters. The summed E-state index contributed by atoms with van der Waals surface area (Å²) in [7, 11) is 0. The number of aliphatic hydroxyl groups is 1. The van der Waals surface area contributed by atoms with Crippen LogP contribution in [0.4, 0.5) is 0 Å². The molecule has 4 saturated carbocycles. The minimum absolute atomic E-state index is 0.0577. The van der Waals surface area contributed by atoms with E-state index in [-0.39, 0.29) is 6.10 Å². The summed E-state index contributed by atoms with van der Waals surface area (Å²) < 4.78 is 0. The van der Waals surface area contributed by atoms with Crippen molar-refractivity contribution in [3.63, 3.8) is 0 Å². The summed E-state index contributed by atoms with van der Waals surface area (Å²) >= 11 is 0. The van der Waals surface area contributed by atoms with Crippen molar-refractivity contribution < 1.29 is 5.11 Å². The van der Waals surface area contributed by atoms with E-state index in [1.165, 1.54) is 38.5 Å². The number of aliphatic hydroxyl groups excluding tert-OH is 1. The Morgan fingerprint density at radius 3 is 2.06 bits per heavy atom. The van der Waals surface area contributed by atoms with Crippen molar-refractivity contribution in [1.82, 2.24) is 0 Å². The summed E-state index contributed by atoms with van der Waals surface area (Å²) in [5, 5.41) is 10.6. The Labute approximate surface area is 99.6 Å². The second-order valence-electron chi connectivity index (χ2n) is 7.82. The predicted octanol–water partition coefficient (Wildman–Crippen LogP) is 3.61. The van der Waals surface area contributed by atoms with Crippen LogP contribution in [0.1, 0.15) is 59.3 Å². The van der Waals surface area contributed by atoms with Crippen LogP contribution in [0.5, 0.6) is 0 Å². The highest BCUT2D eigenvalue weighted by Gasteiger charge is 2.58. The molecular formula is C15H26O. The zero-order valence-corrected chi connectivity index (χ0v) is 11.0. The quantitative estimate of drug-likeness (QED) is 0.756. The molecule has 0 radical (unpaired) electrons. The number of hydrogen-bond donors (Lipinski definition) is 1. The first kappa shape index (κ1) is 11.1. The molecule has 4 aliphatic carbocycles. The maximum Gasteiger partial charge on any atom is 0.0619 e. The molecule has 0 spiro atoms. The van der Waals surface area contributed by atoms with E-state index < -0.39 is 0 Å². The highest BCUT2D eigenvalue weighted by atomic mass is 16.3. The van der Waals surface area contributed by atoms with Gasteiger partial charge in [0.15, 0.2) is 0 Å². The van der Waals surface area contributed by atoms with Crippen molar-refractivity contribution in [3.8, 4) is 0 Å². The first-order valence-corrected chi connectivity index (χ1v) is 7.11. The zero-order chi connectivity index (χ0) is 11.6. The second-order valence-corrected chi connectivity index (χ2v) is 7.82. The van der Waals surface area contributed by atoms with Gasteiger partial charge < -0.3 is 5.11 Å². The normalized spacial score (nSPS) is 52.3. The molecule has 16 heavy (non-hydrogen) atoms. The maximum absolute atomic E-state index is 10.6. The van der Waals surface area contributed by atoms with Gasteiger partial charge in [-0.25, -0.2) is 0 Å². The third-order valence-electron chi connectivity index (χ3n) is 5.66. The number of rotatable bonds is 2. The van der Waals surface area contributed by atoms with Gasteiger partial charge in [-0.15, -0.1) is 0 Å². The summed E-state index contributed by atoms with van der Waals surface area (Å²) in [5.41, 5.74) is 0.868. The smallest absolute Gasteiger partial charge is 0.0619 e. The van der Waals surface area contributed by atoms with Crippen LogP contribution in [0, 0.1) is 28.6 Å². The minimum atomic E-state index is -0.0577. The van der Waals surface area contributed by atoms with Crippen LogP contribution in [0.25, 0.3) is 0 Å². The summed E-state index contributed by atoms with van der Waals surface area (Å²) in [5.74, 6) is 2.29. The Hall–Kier alpha value is -0.0400. The van der Waals surface area contributed by atoms with Crippen LogP contribution < -0.4 is 0 Å². The Kier molecular flexibility index (Phi) is 2.25. The van der Waals surface area contributed by atoms with E-state index >= 15 is 0 Å². The SMILES string of the molecule is CC(C)C(O)C12CC3CC(CC(C)(C3)C1)C2. The topological polar surface area (TPSA) is 20.2 Å². The summed E-state index contributed by atoms with van der Waals surface area (Å²) in [6.07, 6.45) is 8.22. The van der Waals surface area contributed by atoms with Crippen molar-refractivity contribution >= 4 is 0 Å². The van der Waals surface area contributed by atoms with Gasteiger partial charge in [0.05, 0.1) is 6.10 Å². The van der Waals surface area contributed by atoms with Gasteiger partial charge in [-0.2, -0.15) is 0 Å². The molecule has 1 N–H and O–H groups in total. The van der Waals surface area contributed by atoms with Crippen LogP contribution in [0.3, 0.4) is 0 Å². The van der Waals surface area contributed by atoms with Crippen LogP contribution >= 0.6 is 0 Å². The molecule has 4 rings (SSSR count). The fraction of sp³-hybridized carbons (Fsp3) is 1.00. The average Bonchev–Trinajstić information content (AvgIpc) is 2.12. The largest absolute Gasteiger partial charge is 0.392 e. The molecule has 4 bridgehead atoms. The van der Waals surface area contributed by atoms with E-state index in [9.17, 15) is 5.11 Å². The molecule has 92 valence electrons.